The van der Waals surface area contributed by atoms with Gasteiger partial charge >= 0.3 is 0 Å². The fourth-order valence-corrected chi connectivity index (χ4v) is 3.35. The van der Waals surface area contributed by atoms with E-state index in [-0.39, 0.29) is 11.8 Å². The minimum absolute atomic E-state index is 0.0992. The molecule has 3 rings (SSSR count). The van der Waals surface area contributed by atoms with Crippen LogP contribution >= 0.6 is 0 Å². The molecule has 5 nitrogen and oxygen atoms in total. The summed E-state index contributed by atoms with van der Waals surface area (Å²) in [6.07, 6.45) is 3.45. The van der Waals surface area contributed by atoms with Gasteiger partial charge in [0.2, 0.25) is 5.91 Å². The lowest BCUT2D eigenvalue weighted by molar-refractivity contribution is -0.135. The summed E-state index contributed by atoms with van der Waals surface area (Å²) >= 11 is 0. The second kappa shape index (κ2) is 7.62. The average Bonchev–Trinajstić information content (AvgIpc) is 3.00. The van der Waals surface area contributed by atoms with Gasteiger partial charge in [-0.05, 0) is 37.3 Å². The number of likely N-dealkylation sites (tertiary alicyclic amines) is 1. The lowest BCUT2D eigenvalue weighted by Gasteiger charge is -2.36. The molecular formula is C19H25N3O2. The highest BCUT2D eigenvalue weighted by molar-refractivity contribution is 5.76. The minimum atomic E-state index is -0.450. The van der Waals surface area contributed by atoms with E-state index in [1.807, 2.05) is 35.9 Å². The molecule has 128 valence electrons. The molecule has 5 heteroatoms. The zero-order valence-electron chi connectivity index (χ0n) is 14.1. The van der Waals surface area contributed by atoms with Gasteiger partial charge < -0.3 is 10.0 Å². The van der Waals surface area contributed by atoms with Gasteiger partial charge in [-0.1, -0.05) is 30.3 Å². The van der Waals surface area contributed by atoms with E-state index in [0.29, 0.717) is 19.5 Å². The molecule has 2 heterocycles. The second-order valence-electron chi connectivity index (χ2n) is 6.59. The van der Waals surface area contributed by atoms with Crippen LogP contribution in [0.1, 0.15) is 24.1 Å². The molecule has 1 aliphatic rings. The van der Waals surface area contributed by atoms with Crippen molar-refractivity contribution in [1.82, 2.24) is 14.7 Å². The molecule has 2 aromatic rings. The number of carbonyl (C=O) groups excluding carboxylic acids is 1. The standard InChI is InChI=1S/C19H25N3O2/c1-15-7-10-20-22(15)12-9-19(24)21-11-8-17(18(23)14-21)13-16-5-3-2-4-6-16/h2-7,10,17-18,23H,8-9,11-14H2,1H3/t17-,18-/m1/s1. The number of aliphatic hydroxyl groups excluding tert-OH is 1. The number of nitrogens with zero attached hydrogens (tertiary/aromatic N) is 3. The first-order chi connectivity index (χ1) is 11.6. The second-order valence-corrected chi connectivity index (χ2v) is 6.59. The zero-order valence-corrected chi connectivity index (χ0v) is 14.1. The Kier molecular flexibility index (Phi) is 5.30. The van der Waals surface area contributed by atoms with Gasteiger partial charge in [0.05, 0.1) is 6.10 Å². The number of carbonyl (C=O) groups is 1. The Morgan fingerprint density at radius 1 is 1.29 bits per heavy atom. The number of piperidine rings is 1. The molecule has 1 saturated heterocycles. The van der Waals surface area contributed by atoms with Crippen molar-refractivity contribution in [1.29, 1.82) is 0 Å². The predicted octanol–water partition coefficient (Wildman–Crippen LogP) is 2.03. The molecule has 1 aromatic carbocycles. The van der Waals surface area contributed by atoms with E-state index in [9.17, 15) is 9.90 Å². The maximum atomic E-state index is 12.4. The third-order valence-corrected chi connectivity index (χ3v) is 4.88. The van der Waals surface area contributed by atoms with Crippen LogP contribution in [0, 0.1) is 12.8 Å². The van der Waals surface area contributed by atoms with Gasteiger partial charge in [-0.3, -0.25) is 9.48 Å². The Balaban J connectivity index is 1.49. The SMILES string of the molecule is Cc1ccnn1CCC(=O)N1CC[C@H](Cc2ccccc2)[C@H](O)C1. The molecule has 0 spiro atoms. The van der Waals surface area contributed by atoms with Crippen molar-refractivity contribution in [2.45, 2.75) is 38.8 Å². The Labute approximate surface area is 142 Å². The number of aliphatic hydroxyl groups is 1. The zero-order chi connectivity index (χ0) is 16.9. The number of aromatic nitrogens is 2. The number of β-amino-alcohol motifs (C(OH)–C–C–N with tert-alkyl or cyclic N) is 1. The fourth-order valence-electron chi connectivity index (χ4n) is 3.35. The van der Waals surface area contributed by atoms with Gasteiger partial charge in [-0.25, -0.2) is 0 Å². The monoisotopic (exact) mass is 327 g/mol. The first kappa shape index (κ1) is 16.7. The van der Waals surface area contributed by atoms with Crippen molar-refractivity contribution in [3.05, 3.63) is 53.9 Å². The largest absolute Gasteiger partial charge is 0.391 e. The molecule has 0 aliphatic carbocycles. The summed E-state index contributed by atoms with van der Waals surface area (Å²) in [6, 6.07) is 12.2. The fraction of sp³-hybridized carbons (Fsp3) is 0.474. The van der Waals surface area contributed by atoms with Crippen molar-refractivity contribution >= 4 is 5.91 Å². The molecule has 1 aromatic heterocycles. The van der Waals surface area contributed by atoms with Crippen LogP contribution in [0.5, 0.6) is 0 Å². The Morgan fingerprint density at radius 2 is 2.08 bits per heavy atom. The van der Waals surface area contributed by atoms with Gasteiger partial charge in [-0.2, -0.15) is 5.10 Å². The summed E-state index contributed by atoms with van der Waals surface area (Å²) in [5.41, 5.74) is 2.31. The highest BCUT2D eigenvalue weighted by atomic mass is 16.3. The number of aryl methyl sites for hydroxylation is 2. The summed E-state index contributed by atoms with van der Waals surface area (Å²) in [6.45, 7) is 3.74. The molecule has 1 fully saturated rings. The van der Waals surface area contributed by atoms with Crippen molar-refractivity contribution in [2.24, 2.45) is 5.92 Å². The minimum Gasteiger partial charge on any atom is -0.391 e. The van der Waals surface area contributed by atoms with E-state index >= 15 is 0 Å². The van der Waals surface area contributed by atoms with Crippen LogP contribution in [0.3, 0.4) is 0 Å². The van der Waals surface area contributed by atoms with Gasteiger partial charge in [0.1, 0.15) is 0 Å². The van der Waals surface area contributed by atoms with Gasteiger partial charge in [-0.15, -0.1) is 0 Å². The first-order valence-electron chi connectivity index (χ1n) is 8.61. The van der Waals surface area contributed by atoms with Crippen LogP contribution in [0.4, 0.5) is 0 Å². The van der Waals surface area contributed by atoms with Crippen LogP contribution in [0.2, 0.25) is 0 Å². The highest BCUT2D eigenvalue weighted by Crippen LogP contribution is 2.22. The van der Waals surface area contributed by atoms with E-state index in [1.165, 1.54) is 5.56 Å². The Morgan fingerprint density at radius 3 is 2.75 bits per heavy atom. The van der Waals surface area contributed by atoms with Gasteiger partial charge in [0.25, 0.3) is 0 Å². The van der Waals surface area contributed by atoms with Crippen LogP contribution in [-0.4, -0.2) is 44.9 Å². The van der Waals surface area contributed by atoms with Crippen molar-refractivity contribution < 1.29 is 9.90 Å². The molecule has 1 aliphatic heterocycles. The van der Waals surface area contributed by atoms with Crippen molar-refractivity contribution in [2.75, 3.05) is 13.1 Å². The van der Waals surface area contributed by atoms with Gasteiger partial charge in [0.15, 0.2) is 0 Å². The van der Waals surface area contributed by atoms with Crippen LogP contribution in [0.15, 0.2) is 42.6 Å². The lowest BCUT2D eigenvalue weighted by atomic mass is 9.88. The maximum Gasteiger partial charge on any atom is 0.224 e. The predicted molar refractivity (Wildman–Crippen MR) is 92.4 cm³/mol. The van der Waals surface area contributed by atoms with E-state index in [0.717, 1.165) is 25.1 Å². The molecule has 1 amide bonds. The number of benzene rings is 1. The normalized spacial score (nSPS) is 21.0. The topological polar surface area (TPSA) is 58.4 Å². The Hall–Kier alpha value is -2.14. The molecule has 0 saturated carbocycles. The number of amides is 1. The molecule has 1 N–H and O–H groups in total. The number of rotatable bonds is 5. The smallest absolute Gasteiger partial charge is 0.224 e. The number of hydrogen-bond donors (Lipinski definition) is 1. The molecule has 0 bridgehead atoms. The first-order valence-corrected chi connectivity index (χ1v) is 8.61. The van der Waals surface area contributed by atoms with Gasteiger partial charge in [0, 0.05) is 37.9 Å². The average molecular weight is 327 g/mol. The summed E-state index contributed by atoms with van der Waals surface area (Å²) < 4.78 is 1.84. The quantitative estimate of drug-likeness (QED) is 0.914. The van der Waals surface area contributed by atoms with Crippen LogP contribution in [0.25, 0.3) is 0 Å². The summed E-state index contributed by atoms with van der Waals surface area (Å²) in [4.78, 5) is 14.2. The van der Waals surface area contributed by atoms with Crippen LogP contribution in [-0.2, 0) is 17.8 Å². The van der Waals surface area contributed by atoms with Crippen molar-refractivity contribution in [3.8, 4) is 0 Å². The molecular weight excluding hydrogens is 302 g/mol. The van der Waals surface area contributed by atoms with E-state index in [4.69, 9.17) is 0 Å². The molecule has 0 unspecified atom stereocenters. The molecule has 0 radical (unpaired) electrons. The van der Waals surface area contributed by atoms with E-state index in [1.54, 1.807) is 11.1 Å². The van der Waals surface area contributed by atoms with Crippen LogP contribution < -0.4 is 0 Å². The maximum absolute atomic E-state index is 12.4. The summed E-state index contributed by atoms with van der Waals surface area (Å²) in [7, 11) is 0. The number of hydrogen-bond acceptors (Lipinski definition) is 3. The summed E-state index contributed by atoms with van der Waals surface area (Å²) in [5.74, 6) is 0.326. The molecule has 24 heavy (non-hydrogen) atoms. The lowest BCUT2D eigenvalue weighted by Crippen LogP contribution is -2.47. The third-order valence-electron chi connectivity index (χ3n) is 4.88. The highest BCUT2D eigenvalue weighted by Gasteiger charge is 2.29. The summed E-state index contributed by atoms with van der Waals surface area (Å²) in [5, 5.41) is 14.6. The van der Waals surface area contributed by atoms with Crippen molar-refractivity contribution in [3.63, 3.8) is 0 Å². The van der Waals surface area contributed by atoms with E-state index in [2.05, 4.69) is 17.2 Å². The third kappa shape index (κ3) is 4.03. The molecule has 2 atom stereocenters. The Bertz CT molecular complexity index is 668. The van der Waals surface area contributed by atoms with E-state index < -0.39 is 6.10 Å².